The monoisotopic (exact) mass is 541 g/mol. The lowest BCUT2D eigenvalue weighted by Crippen LogP contribution is -2.51. The van der Waals surface area contributed by atoms with Crippen LogP contribution < -0.4 is 10.6 Å². The quantitative estimate of drug-likeness (QED) is 0.395. The molecule has 2 saturated heterocycles. The number of benzene rings is 2. The highest BCUT2D eigenvalue weighted by Gasteiger charge is 2.41. The van der Waals surface area contributed by atoms with Crippen LogP contribution in [0.4, 0.5) is 4.39 Å². The van der Waals surface area contributed by atoms with Gasteiger partial charge in [-0.3, -0.25) is 14.4 Å². The summed E-state index contributed by atoms with van der Waals surface area (Å²) in [5, 5.41) is 5.68. The van der Waals surface area contributed by atoms with E-state index in [1.165, 1.54) is 36.3 Å². The number of halogens is 2. The van der Waals surface area contributed by atoms with Gasteiger partial charge in [-0.15, -0.1) is 0 Å². The minimum Gasteiger partial charge on any atom is -0.467 e. The number of carbonyl (C=O) groups is 4. The van der Waals surface area contributed by atoms with Gasteiger partial charge in [-0.2, -0.15) is 0 Å². The maximum atomic E-state index is 14.2. The molecule has 2 aromatic carbocycles. The van der Waals surface area contributed by atoms with Gasteiger partial charge >= 0.3 is 5.97 Å². The van der Waals surface area contributed by atoms with Gasteiger partial charge in [0.2, 0.25) is 17.7 Å². The summed E-state index contributed by atoms with van der Waals surface area (Å²) < 4.78 is 19.1. The van der Waals surface area contributed by atoms with Crippen LogP contribution in [0, 0.1) is 11.7 Å². The molecular weight excluding hydrogens is 513 g/mol. The van der Waals surface area contributed by atoms with E-state index in [0.717, 1.165) is 11.6 Å². The predicted molar refractivity (Wildman–Crippen MR) is 139 cm³/mol. The number of methoxy groups -OCH3 is 1. The Morgan fingerprint density at radius 2 is 2.00 bits per heavy atom. The average Bonchev–Trinajstić information content (AvgIpc) is 3.54. The fraction of sp³-hybridized carbons (Fsp3) is 0.357. The Kier molecular flexibility index (Phi) is 8.78. The molecule has 2 heterocycles. The summed E-state index contributed by atoms with van der Waals surface area (Å²) in [6, 6.07) is 11.7. The molecule has 38 heavy (non-hydrogen) atoms. The lowest BCUT2D eigenvalue weighted by atomic mass is 9.95. The second kappa shape index (κ2) is 12.2. The molecule has 10 heteroatoms. The molecular formula is C28H29ClFN3O5. The van der Waals surface area contributed by atoms with Gasteiger partial charge in [-0.25, -0.2) is 9.18 Å². The average molecular weight is 542 g/mol. The highest BCUT2D eigenvalue weighted by molar-refractivity contribution is 6.30. The van der Waals surface area contributed by atoms with Gasteiger partial charge in [0.1, 0.15) is 17.9 Å². The standard InChI is InChI=1S/C28H29ClFN3O5/c1-38-28(37)23(13-19-11-12-31-26(19)35)32-27(36)24-14-20(17-5-3-2-4-6-17)16-33(24)25(34)10-8-18-7-9-21(29)15-22(18)30/h2-10,15,19-20,23-24H,11-14,16H2,1H3,(H,31,35)(H,32,36)/b10-8+/t19-,20+,23-,24-/m0/s1. The van der Waals surface area contributed by atoms with Gasteiger partial charge in [0.25, 0.3) is 0 Å². The van der Waals surface area contributed by atoms with Crippen molar-refractivity contribution in [3.8, 4) is 0 Å². The van der Waals surface area contributed by atoms with Crippen LogP contribution in [0.15, 0.2) is 54.6 Å². The zero-order valence-electron chi connectivity index (χ0n) is 20.9. The smallest absolute Gasteiger partial charge is 0.328 e. The van der Waals surface area contributed by atoms with Crippen molar-refractivity contribution in [1.82, 2.24) is 15.5 Å². The molecule has 8 nitrogen and oxygen atoms in total. The van der Waals surface area contributed by atoms with E-state index in [1.54, 1.807) is 0 Å². The molecule has 200 valence electrons. The second-order valence-electron chi connectivity index (χ2n) is 9.45. The van der Waals surface area contributed by atoms with Crippen molar-refractivity contribution in [3.05, 3.63) is 76.6 Å². The summed E-state index contributed by atoms with van der Waals surface area (Å²) in [5.41, 5.74) is 1.16. The predicted octanol–water partition coefficient (Wildman–Crippen LogP) is 3.06. The zero-order valence-corrected chi connectivity index (χ0v) is 21.6. The number of nitrogens with one attached hydrogen (secondary N) is 2. The van der Waals surface area contributed by atoms with Gasteiger partial charge < -0.3 is 20.3 Å². The molecule has 0 bridgehead atoms. The number of amides is 3. The van der Waals surface area contributed by atoms with E-state index >= 15 is 0 Å². The van der Waals surface area contributed by atoms with E-state index in [2.05, 4.69) is 10.6 Å². The normalized spacial score (nSPS) is 21.8. The Labute approximate surface area is 225 Å². The van der Waals surface area contributed by atoms with Crippen LogP contribution in [0.3, 0.4) is 0 Å². The lowest BCUT2D eigenvalue weighted by molar-refractivity contribution is -0.146. The highest BCUT2D eigenvalue weighted by Crippen LogP contribution is 2.32. The Balaban J connectivity index is 1.55. The minimum absolute atomic E-state index is 0.1000. The fourth-order valence-corrected chi connectivity index (χ4v) is 5.13. The Morgan fingerprint density at radius 1 is 1.24 bits per heavy atom. The highest BCUT2D eigenvalue weighted by atomic mass is 35.5. The summed E-state index contributed by atoms with van der Waals surface area (Å²) in [6.45, 7) is 0.776. The number of hydrogen-bond donors (Lipinski definition) is 2. The Hall–Kier alpha value is -3.72. The van der Waals surface area contributed by atoms with Crippen LogP contribution in [0.1, 0.15) is 36.3 Å². The first-order valence-corrected chi connectivity index (χ1v) is 12.8. The van der Waals surface area contributed by atoms with Gasteiger partial charge in [-0.05, 0) is 43.0 Å². The van der Waals surface area contributed by atoms with E-state index in [-0.39, 0.29) is 35.4 Å². The van der Waals surface area contributed by atoms with Crippen LogP contribution in [-0.4, -0.2) is 60.9 Å². The molecule has 2 aromatic rings. The molecule has 2 aliphatic rings. The molecule has 4 atom stereocenters. The Morgan fingerprint density at radius 3 is 2.66 bits per heavy atom. The van der Waals surface area contributed by atoms with Crippen LogP contribution >= 0.6 is 11.6 Å². The molecule has 2 N–H and O–H groups in total. The zero-order chi connectivity index (χ0) is 27.2. The first-order chi connectivity index (χ1) is 18.3. The summed E-state index contributed by atoms with van der Waals surface area (Å²) in [5.74, 6) is -2.93. The lowest BCUT2D eigenvalue weighted by Gasteiger charge is -2.25. The van der Waals surface area contributed by atoms with Crippen LogP contribution in [0.2, 0.25) is 5.02 Å². The molecule has 2 fully saturated rings. The molecule has 0 unspecified atom stereocenters. The summed E-state index contributed by atoms with van der Waals surface area (Å²) >= 11 is 5.81. The third-order valence-corrected chi connectivity index (χ3v) is 7.25. The van der Waals surface area contributed by atoms with Gasteiger partial charge in [-0.1, -0.05) is 48.0 Å². The number of likely N-dealkylation sites (tertiary alicyclic amines) is 1. The van der Waals surface area contributed by atoms with E-state index < -0.39 is 41.6 Å². The van der Waals surface area contributed by atoms with Crippen molar-refractivity contribution in [2.24, 2.45) is 5.92 Å². The minimum atomic E-state index is -1.03. The van der Waals surface area contributed by atoms with E-state index in [1.807, 2.05) is 30.3 Å². The molecule has 2 aliphatic heterocycles. The largest absolute Gasteiger partial charge is 0.467 e. The fourth-order valence-electron chi connectivity index (χ4n) is 4.97. The van der Waals surface area contributed by atoms with Crippen molar-refractivity contribution in [2.75, 3.05) is 20.2 Å². The number of rotatable bonds is 8. The molecule has 0 spiro atoms. The molecule has 0 radical (unpaired) electrons. The van der Waals surface area contributed by atoms with Crippen LogP contribution in [-0.2, 0) is 23.9 Å². The molecule has 4 rings (SSSR count). The van der Waals surface area contributed by atoms with Gasteiger partial charge in [0.05, 0.1) is 7.11 Å². The van der Waals surface area contributed by atoms with Gasteiger partial charge in [0, 0.05) is 41.6 Å². The first kappa shape index (κ1) is 27.3. The summed E-state index contributed by atoms with van der Waals surface area (Å²) in [7, 11) is 1.22. The maximum Gasteiger partial charge on any atom is 0.328 e. The van der Waals surface area contributed by atoms with Crippen molar-refractivity contribution < 1.29 is 28.3 Å². The summed E-state index contributed by atoms with van der Waals surface area (Å²) in [4.78, 5) is 52.7. The van der Waals surface area contributed by atoms with Crippen molar-refractivity contribution >= 4 is 41.4 Å². The third-order valence-electron chi connectivity index (χ3n) is 7.01. The third kappa shape index (κ3) is 6.39. The summed E-state index contributed by atoms with van der Waals surface area (Å²) in [6.07, 6.45) is 3.55. The van der Waals surface area contributed by atoms with Crippen LogP contribution in [0.5, 0.6) is 0 Å². The van der Waals surface area contributed by atoms with Crippen LogP contribution in [0.25, 0.3) is 6.08 Å². The van der Waals surface area contributed by atoms with E-state index in [9.17, 15) is 23.6 Å². The molecule has 3 amide bonds. The van der Waals surface area contributed by atoms with Crippen molar-refractivity contribution in [3.63, 3.8) is 0 Å². The topological polar surface area (TPSA) is 105 Å². The Bertz CT molecular complexity index is 1240. The van der Waals surface area contributed by atoms with Crippen molar-refractivity contribution in [1.29, 1.82) is 0 Å². The first-order valence-electron chi connectivity index (χ1n) is 12.4. The molecule has 0 aliphatic carbocycles. The number of esters is 1. The van der Waals surface area contributed by atoms with E-state index in [0.29, 0.717) is 19.4 Å². The molecule has 0 saturated carbocycles. The number of carbonyl (C=O) groups excluding carboxylic acids is 4. The van der Waals surface area contributed by atoms with Crippen molar-refractivity contribution in [2.45, 2.75) is 37.3 Å². The SMILES string of the molecule is COC(=O)[C@H](C[C@@H]1CCNC1=O)NC(=O)[C@@H]1C[C@@H](c2ccccc2)CN1C(=O)/C=C/c1ccc(Cl)cc1F. The number of nitrogens with zero attached hydrogens (tertiary/aromatic N) is 1. The number of ether oxygens (including phenoxy) is 1. The van der Waals surface area contributed by atoms with E-state index in [4.69, 9.17) is 16.3 Å². The second-order valence-corrected chi connectivity index (χ2v) is 9.88. The number of hydrogen-bond acceptors (Lipinski definition) is 5. The van der Waals surface area contributed by atoms with Gasteiger partial charge in [0.15, 0.2) is 0 Å². The maximum absolute atomic E-state index is 14.2. The molecule has 0 aromatic heterocycles.